The Labute approximate surface area is 195 Å². The number of carboxylic acid groups (broad SMARTS) is 1. The summed E-state index contributed by atoms with van der Waals surface area (Å²) in [4.78, 5) is 23.7. The number of rotatable bonds is 8. The van der Waals surface area contributed by atoms with Crippen molar-refractivity contribution < 1.29 is 24.5 Å². The first kappa shape index (κ1) is 22.3. The van der Waals surface area contributed by atoms with Crippen LogP contribution in [-0.4, -0.2) is 22.0 Å². The largest absolute Gasteiger partial charge is 0.506 e. The SMILES string of the molecule is CC(=O)c1ccc(OCc2cccc(Cc3ccc(C(=O)O)cc3)c2)c(-c2cccs2)c1O. The number of aromatic hydroxyl groups is 1. The number of hydrogen-bond donors (Lipinski definition) is 2. The highest BCUT2D eigenvalue weighted by atomic mass is 32.1. The van der Waals surface area contributed by atoms with Crippen LogP contribution in [0.2, 0.25) is 0 Å². The van der Waals surface area contributed by atoms with Gasteiger partial charge >= 0.3 is 5.97 Å². The Morgan fingerprint density at radius 1 is 0.909 bits per heavy atom. The molecule has 0 amide bonds. The predicted octanol–water partition coefficient (Wildman–Crippen LogP) is 6.19. The van der Waals surface area contributed by atoms with Crippen LogP contribution >= 0.6 is 11.3 Å². The maximum absolute atomic E-state index is 11.9. The van der Waals surface area contributed by atoms with E-state index in [1.54, 1.807) is 24.3 Å². The fourth-order valence-corrected chi connectivity index (χ4v) is 4.40. The quantitative estimate of drug-likeness (QED) is 0.308. The number of thiophene rings is 1. The molecule has 4 aromatic rings. The number of aromatic carboxylic acids is 1. The molecule has 6 heteroatoms. The summed E-state index contributed by atoms with van der Waals surface area (Å²) < 4.78 is 6.08. The van der Waals surface area contributed by atoms with Gasteiger partial charge < -0.3 is 14.9 Å². The Morgan fingerprint density at radius 3 is 2.33 bits per heavy atom. The lowest BCUT2D eigenvalue weighted by Crippen LogP contribution is -2.01. The minimum atomic E-state index is -0.940. The number of Topliss-reactive ketones (excluding diaryl/α,β-unsaturated/α-hetero) is 1. The maximum Gasteiger partial charge on any atom is 0.335 e. The lowest BCUT2D eigenvalue weighted by Gasteiger charge is -2.14. The predicted molar refractivity (Wildman–Crippen MR) is 128 cm³/mol. The summed E-state index contributed by atoms with van der Waals surface area (Å²) in [7, 11) is 0. The first-order valence-corrected chi connectivity index (χ1v) is 11.2. The van der Waals surface area contributed by atoms with Gasteiger partial charge in [0, 0.05) is 4.88 Å². The van der Waals surface area contributed by atoms with Crippen LogP contribution in [0.25, 0.3) is 10.4 Å². The van der Waals surface area contributed by atoms with Crippen LogP contribution < -0.4 is 4.74 Å². The molecule has 1 heterocycles. The molecule has 0 saturated heterocycles. The third-order valence-electron chi connectivity index (χ3n) is 5.28. The normalized spacial score (nSPS) is 10.7. The zero-order valence-electron chi connectivity index (χ0n) is 17.9. The van der Waals surface area contributed by atoms with Crippen molar-refractivity contribution in [1.29, 1.82) is 0 Å². The topological polar surface area (TPSA) is 83.8 Å². The van der Waals surface area contributed by atoms with Crippen molar-refractivity contribution in [3.05, 3.63) is 106 Å². The lowest BCUT2D eigenvalue weighted by molar-refractivity contribution is 0.0696. The molecule has 0 saturated carbocycles. The summed E-state index contributed by atoms with van der Waals surface area (Å²) in [6.07, 6.45) is 0.669. The van der Waals surface area contributed by atoms with Crippen molar-refractivity contribution in [2.24, 2.45) is 0 Å². The Morgan fingerprint density at radius 2 is 1.67 bits per heavy atom. The first-order chi connectivity index (χ1) is 15.9. The van der Waals surface area contributed by atoms with E-state index in [-0.39, 0.29) is 22.7 Å². The zero-order valence-corrected chi connectivity index (χ0v) is 18.8. The summed E-state index contributed by atoms with van der Waals surface area (Å²) in [6, 6.07) is 21.9. The minimum Gasteiger partial charge on any atom is -0.506 e. The monoisotopic (exact) mass is 458 g/mol. The molecule has 166 valence electrons. The van der Waals surface area contributed by atoms with Crippen molar-refractivity contribution in [3.8, 4) is 21.9 Å². The maximum atomic E-state index is 11.9. The van der Waals surface area contributed by atoms with E-state index in [2.05, 4.69) is 0 Å². The number of carbonyl (C=O) groups excluding carboxylic acids is 1. The molecule has 0 aliphatic heterocycles. The van der Waals surface area contributed by atoms with Gasteiger partial charge in [-0.25, -0.2) is 4.79 Å². The van der Waals surface area contributed by atoms with Crippen molar-refractivity contribution in [2.45, 2.75) is 20.0 Å². The number of benzene rings is 3. The summed E-state index contributed by atoms with van der Waals surface area (Å²) in [5.41, 5.74) is 4.10. The molecule has 33 heavy (non-hydrogen) atoms. The fourth-order valence-electron chi connectivity index (χ4n) is 3.63. The summed E-state index contributed by atoms with van der Waals surface area (Å²) in [6.45, 7) is 1.72. The summed E-state index contributed by atoms with van der Waals surface area (Å²) in [5.74, 6) is -0.707. The van der Waals surface area contributed by atoms with E-state index in [4.69, 9.17) is 9.84 Å². The van der Waals surface area contributed by atoms with Crippen molar-refractivity contribution in [3.63, 3.8) is 0 Å². The number of phenolic OH excluding ortho intramolecular Hbond substituents is 1. The highest BCUT2D eigenvalue weighted by molar-refractivity contribution is 7.13. The molecule has 0 atom stereocenters. The highest BCUT2D eigenvalue weighted by Gasteiger charge is 2.19. The van der Waals surface area contributed by atoms with E-state index in [1.807, 2.05) is 53.9 Å². The van der Waals surface area contributed by atoms with Gasteiger partial charge in [0.15, 0.2) is 5.78 Å². The lowest BCUT2D eigenvalue weighted by atomic mass is 10.0. The molecular weight excluding hydrogens is 436 g/mol. The Bertz CT molecular complexity index is 1290. The molecule has 0 fully saturated rings. The van der Waals surface area contributed by atoms with Crippen LogP contribution in [0, 0.1) is 0 Å². The molecule has 1 aromatic heterocycles. The standard InChI is InChI=1S/C27H22O5S/c1-17(28)22-11-12-23(25(26(22)29)24-6-3-13-33-24)32-16-20-5-2-4-19(15-20)14-18-7-9-21(10-8-18)27(30)31/h2-13,15,29H,14,16H2,1H3,(H,30,31). The van der Waals surface area contributed by atoms with Crippen LogP contribution in [-0.2, 0) is 13.0 Å². The number of hydrogen-bond acceptors (Lipinski definition) is 5. The fraction of sp³-hybridized carbons (Fsp3) is 0.111. The van der Waals surface area contributed by atoms with Crippen molar-refractivity contribution >= 4 is 23.1 Å². The van der Waals surface area contributed by atoms with Crippen LogP contribution in [0.3, 0.4) is 0 Å². The Balaban J connectivity index is 1.53. The second kappa shape index (κ2) is 9.71. The van der Waals surface area contributed by atoms with Gasteiger partial charge in [0.1, 0.15) is 18.1 Å². The summed E-state index contributed by atoms with van der Waals surface area (Å²) in [5, 5.41) is 21.7. The van der Waals surface area contributed by atoms with Crippen LogP contribution in [0.5, 0.6) is 11.5 Å². The van der Waals surface area contributed by atoms with E-state index in [0.717, 1.165) is 21.6 Å². The molecule has 3 aromatic carbocycles. The molecule has 4 rings (SSSR count). The van der Waals surface area contributed by atoms with E-state index in [1.165, 1.54) is 18.3 Å². The van der Waals surface area contributed by atoms with E-state index >= 15 is 0 Å². The molecule has 0 radical (unpaired) electrons. The van der Waals surface area contributed by atoms with Gasteiger partial charge in [-0.15, -0.1) is 11.3 Å². The van der Waals surface area contributed by atoms with E-state index < -0.39 is 5.97 Å². The minimum absolute atomic E-state index is 0.0685. The third kappa shape index (κ3) is 5.13. The molecule has 0 bridgehead atoms. The van der Waals surface area contributed by atoms with Gasteiger partial charge in [-0.2, -0.15) is 0 Å². The van der Waals surface area contributed by atoms with Crippen LogP contribution in [0.4, 0.5) is 0 Å². The second-order valence-corrected chi connectivity index (χ2v) is 8.60. The molecule has 0 aliphatic rings. The summed E-state index contributed by atoms with van der Waals surface area (Å²) >= 11 is 1.46. The van der Waals surface area contributed by atoms with Gasteiger partial charge in [-0.05, 0) is 65.7 Å². The molecule has 0 spiro atoms. The molecular formula is C27H22O5S. The van der Waals surface area contributed by atoms with Crippen molar-refractivity contribution in [1.82, 2.24) is 0 Å². The first-order valence-electron chi connectivity index (χ1n) is 10.4. The number of phenols is 1. The van der Waals surface area contributed by atoms with Gasteiger partial charge in [0.25, 0.3) is 0 Å². The molecule has 0 aliphatic carbocycles. The van der Waals surface area contributed by atoms with E-state index in [0.29, 0.717) is 24.3 Å². The van der Waals surface area contributed by atoms with Gasteiger partial charge in [0.05, 0.1) is 16.7 Å². The second-order valence-electron chi connectivity index (χ2n) is 7.66. The number of ether oxygens (including phenoxy) is 1. The molecule has 0 unspecified atom stereocenters. The van der Waals surface area contributed by atoms with Crippen molar-refractivity contribution in [2.75, 3.05) is 0 Å². The van der Waals surface area contributed by atoms with Gasteiger partial charge in [0.2, 0.25) is 0 Å². The number of carboxylic acids is 1. The van der Waals surface area contributed by atoms with Crippen LogP contribution in [0.15, 0.2) is 78.2 Å². The average Bonchev–Trinajstić information content (AvgIpc) is 3.32. The van der Waals surface area contributed by atoms with E-state index in [9.17, 15) is 14.7 Å². The zero-order chi connectivity index (χ0) is 23.4. The highest BCUT2D eigenvalue weighted by Crippen LogP contribution is 2.42. The molecule has 5 nitrogen and oxygen atoms in total. The molecule has 2 N–H and O–H groups in total. The third-order valence-corrected chi connectivity index (χ3v) is 6.17. The van der Waals surface area contributed by atoms with Crippen LogP contribution in [0.1, 0.15) is 44.3 Å². The average molecular weight is 459 g/mol. The number of carbonyl (C=O) groups is 2. The van der Waals surface area contributed by atoms with Gasteiger partial charge in [-0.3, -0.25) is 4.79 Å². The van der Waals surface area contributed by atoms with Gasteiger partial charge in [-0.1, -0.05) is 42.5 Å². The Kier molecular flexibility index (Phi) is 6.56. The Hall–Kier alpha value is -3.90. The smallest absolute Gasteiger partial charge is 0.335 e. The number of ketones is 1.